The molecule has 1 aliphatic rings. The molecule has 3 nitrogen and oxygen atoms in total. The molecule has 0 bridgehead atoms. The van der Waals surface area contributed by atoms with E-state index in [4.69, 9.17) is 0 Å². The molecule has 2 rings (SSSR count). The molecule has 0 aliphatic carbocycles. The van der Waals surface area contributed by atoms with Crippen LogP contribution in [0.4, 0.5) is 17.6 Å². The zero-order valence-electron chi connectivity index (χ0n) is 10.1. The Balaban J connectivity index is 2.13. The molecule has 0 fully saturated rings. The second-order valence-corrected chi connectivity index (χ2v) is 6.38. The number of alkyl halides is 3. The van der Waals surface area contributed by atoms with Gasteiger partial charge in [0.1, 0.15) is 5.82 Å². The van der Waals surface area contributed by atoms with E-state index in [9.17, 15) is 26.0 Å². The smallest absolute Gasteiger partial charge is 0.305 e. The van der Waals surface area contributed by atoms with E-state index in [1.165, 1.54) is 6.08 Å². The average Bonchev–Trinajstić information content (AvgIpc) is 2.66. The van der Waals surface area contributed by atoms with E-state index >= 15 is 0 Å². The van der Waals surface area contributed by atoms with Crippen molar-refractivity contribution in [2.75, 3.05) is 5.75 Å². The van der Waals surface area contributed by atoms with E-state index in [-0.39, 0.29) is 17.9 Å². The highest BCUT2D eigenvalue weighted by molar-refractivity contribution is 7.94. The minimum atomic E-state index is -4.66. The van der Waals surface area contributed by atoms with Crippen LogP contribution >= 0.6 is 0 Å². The monoisotopic (exact) mass is 309 g/mol. The van der Waals surface area contributed by atoms with Crippen molar-refractivity contribution >= 4 is 9.84 Å². The van der Waals surface area contributed by atoms with Gasteiger partial charge < -0.3 is 5.32 Å². The van der Waals surface area contributed by atoms with Crippen molar-refractivity contribution in [2.45, 2.75) is 18.8 Å². The standard InChI is InChI=1S/C12H11F4NO2S/c13-9-2-1-8(11(5-9)12(14,15)16)6-17-10-3-4-20(18,19)7-10/h1-5,10,17H,6-7H2. The van der Waals surface area contributed by atoms with Gasteiger partial charge in [0.25, 0.3) is 0 Å². The maximum atomic E-state index is 12.9. The van der Waals surface area contributed by atoms with Crippen molar-refractivity contribution < 1.29 is 26.0 Å². The Morgan fingerprint density at radius 1 is 1.30 bits per heavy atom. The lowest BCUT2D eigenvalue weighted by atomic mass is 10.1. The molecule has 1 aromatic carbocycles. The molecule has 0 aromatic heterocycles. The van der Waals surface area contributed by atoms with Crippen LogP contribution in [0.2, 0.25) is 0 Å². The van der Waals surface area contributed by atoms with E-state index in [1.54, 1.807) is 0 Å². The van der Waals surface area contributed by atoms with Gasteiger partial charge in [-0.3, -0.25) is 0 Å². The van der Waals surface area contributed by atoms with Crippen LogP contribution in [0.5, 0.6) is 0 Å². The van der Waals surface area contributed by atoms with Crippen molar-refractivity contribution in [3.63, 3.8) is 0 Å². The molecule has 0 saturated heterocycles. The lowest BCUT2D eigenvalue weighted by Crippen LogP contribution is -2.30. The normalized spacial score (nSPS) is 21.3. The lowest BCUT2D eigenvalue weighted by molar-refractivity contribution is -0.138. The summed E-state index contributed by atoms with van der Waals surface area (Å²) in [6, 6.07) is 1.87. The van der Waals surface area contributed by atoms with Crippen LogP contribution in [-0.2, 0) is 22.6 Å². The molecule has 20 heavy (non-hydrogen) atoms. The average molecular weight is 309 g/mol. The molecule has 1 aliphatic heterocycles. The van der Waals surface area contributed by atoms with Gasteiger partial charge >= 0.3 is 6.18 Å². The Morgan fingerprint density at radius 3 is 2.55 bits per heavy atom. The molecule has 1 unspecified atom stereocenters. The maximum Gasteiger partial charge on any atom is 0.416 e. The Bertz CT molecular complexity index is 637. The predicted molar refractivity (Wildman–Crippen MR) is 65.0 cm³/mol. The van der Waals surface area contributed by atoms with Crippen molar-refractivity contribution in [2.24, 2.45) is 0 Å². The van der Waals surface area contributed by atoms with Gasteiger partial charge in [0.05, 0.1) is 11.3 Å². The van der Waals surface area contributed by atoms with E-state index in [0.29, 0.717) is 6.07 Å². The molecular weight excluding hydrogens is 298 g/mol. The first-order valence-corrected chi connectivity index (χ1v) is 7.39. The molecular formula is C12H11F4NO2S. The molecule has 8 heteroatoms. The molecule has 0 amide bonds. The van der Waals surface area contributed by atoms with Gasteiger partial charge in [-0.2, -0.15) is 13.2 Å². The maximum absolute atomic E-state index is 12.9. The molecule has 1 N–H and O–H groups in total. The Hall–Kier alpha value is -1.41. The topological polar surface area (TPSA) is 46.2 Å². The number of rotatable bonds is 3. The van der Waals surface area contributed by atoms with Crippen LogP contribution in [0.15, 0.2) is 29.7 Å². The fraction of sp³-hybridized carbons (Fsp3) is 0.333. The van der Waals surface area contributed by atoms with Gasteiger partial charge in [-0.25, -0.2) is 12.8 Å². The van der Waals surface area contributed by atoms with Gasteiger partial charge in [-0.1, -0.05) is 12.1 Å². The largest absolute Gasteiger partial charge is 0.416 e. The first-order valence-electron chi connectivity index (χ1n) is 5.67. The number of hydrogen-bond acceptors (Lipinski definition) is 3. The summed E-state index contributed by atoms with van der Waals surface area (Å²) in [4.78, 5) is 0. The first kappa shape index (κ1) is 15.0. The number of benzene rings is 1. The van der Waals surface area contributed by atoms with Crippen molar-refractivity contribution in [3.05, 3.63) is 46.6 Å². The molecule has 1 aromatic rings. The summed E-state index contributed by atoms with van der Waals surface area (Å²) in [6.07, 6.45) is -3.27. The predicted octanol–water partition coefficient (Wildman–Crippen LogP) is 2.24. The summed E-state index contributed by atoms with van der Waals surface area (Å²) >= 11 is 0. The Kier molecular flexibility index (Phi) is 3.88. The fourth-order valence-electron chi connectivity index (χ4n) is 1.91. The summed E-state index contributed by atoms with van der Waals surface area (Å²) in [5.74, 6) is -1.15. The quantitative estimate of drug-likeness (QED) is 0.871. The van der Waals surface area contributed by atoms with Crippen LogP contribution in [-0.4, -0.2) is 20.2 Å². The van der Waals surface area contributed by atoms with Crippen molar-refractivity contribution in [3.8, 4) is 0 Å². The zero-order chi connectivity index (χ0) is 15.0. The molecule has 0 saturated carbocycles. The summed E-state index contributed by atoms with van der Waals surface area (Å²) in [5.41, 5.74) is -1.19. The third-order valence-corrected chi connectivity index (χ3v) is 4.26. The first-order chi connectivity index (χ1) is 9.17. The highest BCUT2D eigenvalue weighted by Crippen LogP contribution is 2.32. The van der Waals surface area contributed by atoms with Crippen LogP contribution in [0.1, 0.15) is 11.1 Å². The molecule has 0 spiro atoms. The van der Waals surface area contributed by atoms with Crippen molar-refractivity contribution in [1.29, 1.82) is 0 Å². The minimum Gasteiger partial charge on any atom is -0.305 e. The van der Waals surface area contributed by atoms with Crippen LogP contribution in [0.3, 0.4) is 0 Å². The second kappa shape index (κ2) is 5.17. The summed E-state index contributed by atoms with van der Waals surface area (Å²) in [7, 11) is -3.27. The Labute approximate surface area is 113 Å². The second-order valence-electron chi connectivity index (χ2n) is 4.44. The van der Waals surface area contributed by atoms with E-state index in [1.807, 2.05) is 0 Å². The van der Waals surface area contributed by atoms with E-state index in [2.05, 4.69) is 5.32 Å². The highest BCUT2D eigenvalue weighted by Gasteiger charge is 2.34. The molecule has 1 atom stereocenters. The van der Waals surface area contributed by atoms with Crippen LogP contribution < -0.4 is 5.32 Å². The van der Waals surface area contributed by atoms with E-state index in [0.717, 1.165) is 17.5 Å². The summed E-state index contributed by atoms with van der Waals surface area (Å²) in [6.45, 7) is -0.195. The minimum absolute atomic E-state index is 0.128. The SMILES string of the molecule is O=S1(=O)C=CC(NCc2ccc(F)cc2C(F)(F)F)C1. The van der Waals surface area contributed by atoms with Gasteiger partial charge in [0, 0.05) is 18.0 Å². The highest BCUT2D eigenvalue weighted by atomic mass is 32.2. The van der Waals surface area contributed by atoms with Gasteiger partial charge in [-0.15, -0.1) is 0 Å². The Morgan fingerprint density at radius 2 is 2.00 bits per heavy atom. The number of sulfone groups is 1. The summed E-state index contributed by atoms with van der Waals surface area (Å²) < 4.78 is 73.5. The molecule has 1 heterocycles. The lowest BCUT2D eigenvalue weighted by Gasteiger charge is -2.15. The number of halogens is 4. The summed E-state index contributed by atoms with van der Waals surface area (Å²) in [5, 5.41) is 3.72. The third-order valence-electron chi connectivity index (χ3n) is 2.86. The molecule has 0 radical (unpaired) electrons. The number of nitrogens with one attached hydrogen (secondary N) is 1. The fourth-order valence-corrected chi connectivity index (χ4v) is 3.18. The van der Waals surface area contributed by atoms with Gasteiger partial charge in [0.2, 0.25) is 0 Å². The van der Waals surface area contributed by atoms with Gasteiger partial charge in [0.15, 0.2) is 9.84 Å². The van der Waals surface area contributed by atoms with Crippen molar-refractivity contribution in [1.82, 2.24) is 5.32 Å². The number of hydrogen-bond donors (Lipinski definition) is 1. The van der Waals surface area contributed by atoms with Crippen LogP contribution in [0, 0.1) is 5.82 Å². The zero-order valence-corrected chi connectivity index (χ0v) is 10.9. The van der Waals surface area contributed by atoms with Gasteiger partial charge in [-0.05, 0) is 17.7 Å². The molecule has 110 valence electrons. The van der Waals surface area contributed by atoms with Crippen LogP contribution in [0.25, 0.3) is 0 Å². The van der Waals surface area contributed by atoms with E-state index < -0.39 is 33.4 Å². The third kappa shape index (κ3) is 3.57.